The van der Waals surface area contributed by atoms with Crippen LogP contribution in [0.25, 0.3) is 202 Å². The van der Waals surface area contributed by atoms with Gasteiger partial charge in [-0.2, -0.15) is 0 Å². The number of hydrogen-bond acceptors (Lipinski definition) is 3. The number of imidazole rings is 1. The molecular formula is C130H90N4. The number of para-hydroxylation sites is 5. The lowest BCUT2D eigenvalue weighted by Crippen LogP contribution is -2.11. The molecule has 0 N–H and O–H groups in total. The second-order valence-corrected chi connectivity index (χ2v) is 35.4. The molecule has 134 heavy (non-hydrogen) atoms. The molecule has 0 saturated carbocycles. The predicted octanol–water partition coefficient (Wildman–Crippen LogP) is 36.4. The Morgan fingerprint density at radius 3 is 0.940 bits per heavy atom. The second-order valence-electron chi connectivity index (χ2n) is 35.4. The van der Waals surface area contributed by atoms with Crippen LogP contribution in [-0.2, 0) is 0 Å². The van der Waals surface area contributed by atoms with Crippen molar-refractivity contribution in [3.05, 3.63) is 508 Å². The quantitative estimate of drug-likeness (QED) is 0.0849. The number of nitrogens with zero attached hydrogens (tertiary/aromatic N) is 4. The molecule has 4 heteroatoms. The molecule has 4 nitrogen and oxygen atoms in total. The summed E-state index contributed by atoms with van der Waals surface area (Å²) in [6, 6.07) is 179. The van der Waals surface area contributed by atoms with Crippen molar-refractivity contribution in [3.63, 3.8) is 0 Å². The molecule has 0 atom stereocenters. The Morgan fingerprint density at radius 2 is 0.500 bits per heavy atom. The Hall–Kier alpha value is -17.3. The molecule has 630 valence electrons. The van der Waals surface area contributed by atoms with Crippen LogP contribution in [0.15, 0.2) is 491 Å². The molecule has 26 rings (SSSR count). The van der Waals surface area contributed by atoms with Crippen molar-refractivity contribution in [2.75, 3.05) is 9.80 Å². The summed E-state index contributed by atoms with van der Waals surface area (Å²) in [6.45, 7) is 6.50. The Bertz CT molecular complexity index is 8880. The molecule has 0 bridgehead atoms. The molecule has 0 aliphatic heterocycles. The van der Waals surface area contributed by atoms with Crippen LogP contribution in [-0.4, -0.2) is 9.55 Å². The Balaban J connectivity index is 0.000000113. The van der Waals surface area contributed by atoms with Crippen LogP contribution in [0.3, 0.4) is 0 Å². The van der Waals surface area contributed by atoms with E-state index in [1.54, 1.807) is 0 Å². The monoisotopic (exact) mass is 1710 g/mol. The van der Waals surface area contributed by atoms with E-state index >= 15 is 0 Å². The van der Waals surface area contributed by atoms with Crippen molar-refractivity contribution >= 4 is 164 Å². The summed E-state index contributed by atoms with van der Waals surface area (Å²) in [4.78, 5) is 9.90. The number of benzene rings is 25. The number of aryl methyl sites for hydroxylation is 3. The van der Waals surface area contributed by atoms with Crippen LogP contribution in [0.5, 0.6) is 0 Å². The highest BCUT2D eigenvalue weighted by Gasteiger charge is 2.26. The fourth-order valence-corrected chi connectivity index (χ4v) is 20.8. The number of aromatic nitrogens is 2. The van der Waals surface area contributed by atoms with Crippen LogP contribution < -0.4 is 9.80 Å². The Kier molecular flexibility index (Phi) is 20.3. The molecule has 0 fully saturated rings. The average molecular weight is 1710 g/mol. The van der Waals surface area contributed by atoms with E-state index in [1.807, 2.05) is 0 Å². The molecule has 0 amide bonds. The van der Waals surface area contributed by atoms with Crippen LogP contribution >= 0.6 is 0 Å². The normalized spacial score (nSPS) is 11.5. The number of hydrogen-bond donors (Lipinski definition) is 0. The lowest BCUT2D eigenvalue weighted by Gasteiger charge is -2.29. The lowest BCUT2D eigenvalue weighted by atomic mass is 9.84. The molecule has 1 heterocycles. The molecule has 1 aromatic heterocycles. The van der Waals surface area contributed by atoms with Gasteiger partial charge >= 0.3 is 0 Å². The summed E-state index contributed by atoms with van der Waals surface area (Å²) >= 11 is 0. The van der Waals surface area contributed by atoms with Crippen molar-refractivity contribution in [2.45, 2.75) is 20.8 Å². The maximum Gasteiger partial charge on any atom is 0.145 e. The smallest absolute Gasteiger partial charge is 0.145 e. The van der Waals surface area contributed by atoms with E-state index in [4.69, 9.17) is 4.98 Å². The zero-order valence-electron chi connectivity index (χ0n) is 74.6. The van der Waals surface area contributed by atoms with Gasteiger partial charge in [0, 0.05) is 44.8 Å². The highest BCUT2D eigenvalue weighted by atomic mass is 15.2. The topological polar surface area (TPSA) is 24.3 Å². The summed E-state index contributed by atoms with van der Waals surface area (Å²) in [6.07, 6.45) is 0. The lowest BCUT2D eigenvalue weighted by molar-refractivity contribution is 1.10. The molecular weight excluding hydrogens is 1620 g/mol. The van der Waals surface area contributed by atoms with Gasteiger partial charge in [0.1, 0.15) is 5.82 Å². The maximum atomic E-state index is 5.12. The zero-order valence-corrected chi connectivity index (χ0v) is 74.6. The number of anilines is 6. The van der Waals surface area contributed by atoms with Gasteiger partial charge in [-0.3, -0.25) is 4.57 Å². The van der Waals surface area contributed by atoms with Gasteiger partial charge in [-0.25, -0.2) is 4.98 Å². The van der Waals surface area contributed by atoms with Crippen LogP contribution in [0.4, 0.5) is 34.1 Å². The maximum absolute atomic E-state index is 5.12. The van der Waals surface area contributed by atoms with Crippen molar-refractivity contribution in [1.82, 2.24) is 9.55 Å². The summed E-state index contributed by atoms with van der Waals surface area (Å²) in [5, 5.41) is 27.8. The third-order valence-corrected chi connectivity index (χ3v) is 27.1. The SMILES string of the molecule is Cc1ccc2c(-c3ccc4ccccc4c3)c3ccccc3c(-c3ccc4ccccc4c3)c2c1.Cc1cccc(N(c2ccccc2)c2ccc3ccc4c(N(c5ccccc5)c5cccc(C)c5)ccc5ccc2c3c54)c1.c1ccc(-n2c(-c3ccc(-c4ccc5c(-c6ccc7ccccc7c6)c6ccccc6c(-c6ccc7ccccc7c6)c5c4)cc3)nc3ccccc32)cc1. The fraction of sp³-hybridized carbons (Fsp3) is 0.0231. The zero-order chi connectivity index (χ0) is 89.3. The number of fused-ring (bicyclic) bond motifs is 9. The van der Waals surface area contributed by atoms with Gasteiger partial charge in [0.25, 0.3) is 0 Å². The largest absolute Gasteiger partial charge is 0.310 e. The molecule has 0 saturated heterocycles. The fourth-order valence-electron chi connectivity index (χ4n) is 20.8. The first-order valence-corrected chi connectivity index (χ1v) is 46.3. The second kappa shape index (κ2) is 34.0. The van der Waals surface area contributed by atoms with E-state index in [0.717, 1.165) is 56.4 Å². The van der Waals surface area contributed by atoms with Crippen molar-refractivity contribution in [1.29, 1.82) is 0 Å². The van der Waals surface area contributed by atoms with E-state index in [0.29, 0.717) is 0 Å². The van der Waals surface area contributed by atoms with E-state index in [9.17, 15) is 0 Å². The minimum Gasteiger partial charge on any atom is -0.310 e. The Morgan fingerprint density at radius 1 is 0.187 bits per heavy atom. The molecule has 0 aliphatic rings. The van der Waals surface area contributed by atoms with Crippen molar-refractivity contribution in [3.8, 4) is 72.7 Å². The molecule has 0 unspecified atom stereocenters. The van der Waals surface area contributed by atoms with Gasteiger partial charge < -0.3 is 9.80 Å². The van der Waals surface area contributed by atoms with Crippen molar-refractivity contribution in [2.24, 2.45) is 0 Å². The molecule has 0 aliphatic carbocycles. The molecule has 0 spiro atoms. The first-order chi connectivity index (χ1) is 66.2. The standard InChI is InChI=1S/C53H34N2.C42H32N2.C35H24/c1-2-16-44(17-3-1)55-50-21-11-10-20-49(50)54-53(55)38-26-22-37(23-27-38)41-30-31-47-48(34-41)52(43-29-25-36-13-5-7-15-40(36)33-43)46-19-9-8-18-45(46)51(47)42-28-24-35-12-4-6-14-39(35)32-42;1-29-11-9-17-35(27-29)43(33-13-5-3-6-14-33)39-25-21-31-20-24-38-40(26-22-32-19-23-37(39)41(31)42(32)38)44(34-15-7-4-8-16-34)36-18-10-12-30(2)28-36;1-23-14-19-32-33(20-23)35(29-18-16-25-9-3-5-11-27(25)22-29)31-13-7-6-12-30(31)34(32)28-17-15-24-8-2-4-10-26(24)21-28/h1-34H;3-28H,1-2H3;2-22H,1H3. The van der Waals surface area contributed by atoms with Gasteiger partial charge in [-0.05, 0) is 311 Å². The van der Waals surface area contributed by atoms with Crippen LogP contribution in [0, 0.1) is 20.8 Å². The van der Waals surface area contributed by atoms with E-state index in [1.165, 1.54) is 197 Å². The van der Waals surface area contributed by atoms with Gasteiger partial charge in [-0.15, -0.1) is 0 Å². The molecule has 0 radical (unpaired) electrons. The van der Waals surface area contributed by atoms with Gasteiger partial charge in [0.15, 0.2) is 0 Å². The van der Waals surface area contributed by atoms with Crippen molar-refractivity contribution < 1.29 is 0 Å². The summed E-state index contributed by atoms with van der Waals surface area (Å²) in [5.41, 5.74) is 27.4. The van der Waals surface area contributed by atoms with Crippen LogP contribution in [0.2, 0.25) is 0 Å². The third-order valence-electron chi connectivity index (χ3n) is 27.1. The minimum atomic E-state index is 0.933. The summed E-state index contributed by atoms with van der Waals surface area (Å²) < 4.78 is 2.26. The molecule has 26 aromatic rings. The van der Waals surface area contributed by atoms with Gasteiger partial charge in [0.2, 0.25) is 0 Å². The van der Waals surface area contributed by atoms with E-state index in [2.05, 4.69) is 527 Å². The molecule has 25 aromatic carbocycles. The van der Waals surface area contributed by atoms with Crippen LogP contribution in [0.1, 0.15) is 16.7 Å². The first-order valence-electron chi connectivity index (χ1n) is 46.3. The summed E-state index contributed by atoms with van der Waals surface area (Å²) in [7, 11) is 0. The highest BCUT2D eigenvalue weighted by molar-refractivity contribution is 6.29. The van der Waals surface area contributed by atoms with Gasteiger partial charge in [-0.1, -0.05) is 382 Å². The number of rotatable bonds is 13. The minimum absolute atomic E-state index is 0.933. The third kappa shape index (κ3) is 14.5. The highest BCUT2D eigenvalue weighted by Crippen LogP contribution is 2.52. The first kappa shape index (κ1) is 80.0. The van der Waals surface area contributed by atoms with Gasteiger partial charge in [0.05, 0.1) is 22.4 Å². The van der Waals surface area contributed by atoms with E-state index in [-0.39, 0.29) is 0 Å². The predicted molar refractivity (Wildman–Crippen MR) is 574 cm³/mol. The Labute approximate surface area is 779 Å². The average Bonchev–Trinajstić information content (AvgIpc) is 0.835. The van der Waals surface area contributed by atoms with E-state index < -0.39 is 0 Å². The summed E-state index contributed by atoms with van der Waals surface area (Å²) in [5.74, 6) is 0.933.